The Morgan fingerprint density at radius 1 is 1.21 bits per heavy atom. The van der Waals surface area contributed by atoms with Crippen LogP contribution in [0.15, 0.2) is 18.2 Å². The topological polar surface area (TPSA) is 72.2 Å². The molecular formula is C10H12N2O2. The Morgan fingerprint density at radius 2 is 1.86 bits per heavy atom. The van der Waals surface area contributed by atoms with Crippen LogP contribution in [0.2, 0.25) is 0 Å². The number of carbonyl (C=O) groups excluding carboxylic acids is 2. The maximum atomic E-state index is 11.1. The molecule has 3 N–H and O–H groups in total. The van der Waals surface area contributed by atoms with Crippen molar-refractivity contribution in [3.8, 4) is 0 Å². The lowest BCUT2D eigenvalue weighted by Crippen LogP contribution is -2.11. The van der Waals surface area contributed by atoms with Gasteiger partial charge < -0.3 is 5.43 Å². The summed E-state index contributed by atoms with van der Waals surface area (Å²) in [6.45, 7) is 2.91. The minimum Gasteiger partial charge on any atom is -0.323 e. The maximum absolute atomic E-state index is 11.1. The number of nitrogens with one attached hydrogen (secondary N) is 1. The second-order valence-corrected chi connectivity index (χ2v) is 3.02. The van der Waals surface area contributed by atoms with E-state index in [0.717, 1.165) is 0 Å². The van der Waals surface area contributed by atoms with Gasteiger partial charge >= 0.3 is 0 Å². The average Bonchev–Trinajstić information content (AvgIpc) is 2.16. The molecule has 74 valence electrons. The molecule has 0 saturated heterocycles. The van der Waals surface area contributed by atoms with Crippen LogP contribution in [0.3, 0.4) is 0 Å². The van der Waals surface area contributed by atoms with Gasteiger partial charge in [-0.1, -0.05) is 6.07 Å². The number of hydrogen-bond acceptors (Lipinski definition) is 4. The highest BCUT2D eigenvalue weighted by molar-refractivity contribution is 6.02. The Labute approximate surface area is 82.1 Å². The van der Waals surface area contributed by atoms with E-state index in [1.165, 1.54) is 13.8 Å². The third kappa shape index (κ3) is 1.97. The van der Waals surface area contributed by atoms with Gasteiger partial charge in [-0.2, -0.15) is 0 Å². The molecule has 4 heteroatoms. The highest BCUT2D eigenvalue weighted by atomic mass is 16.1. The number of ketones is 2. The van der Waals surface area contributed by atoms with Crippen molar-refractivity contribution in [3.05, 3.63) is 29.3 Å². The quantitative estimate of drug-likeness (QED) is 0.431. The molecular weight excluding hydrogens is 180 g/mol. The summed E-state index contributed by atoms with van der Waals surface area (Å²) in [4.78, 5) is 22.2. The van der Waals surface area contributed by atoms with Gasteiger partial charge in [0.2, 0.25) is 0 Å². The lowest BCUT2D eigenvalue weighted by molar-refractivity contribution is 0.100. The van der Waals surface area contributed by atoms with E-state index in [1.54, 1.807) is 18.2 Å². The first-order chi connectivity index (χ1) is 6.56. The van der Waals surface area contributed by atoms with E-state index in [-0.39, 0.29) is 11.6 Å². The van der Waals surface area contributed by atoms with Gasteiger partial charge in [0.05, 0.1) is 5.69 Å². The smallest absolute Gasteiger partial charge is 0.161 e. The van der Waals surface area contributed by atoms with Crippen LogP contribution in [0.4, 0.5) is 5.69 Å². The highest BCUT2D eigenvalue weighted by Crippen LogP contribution is 2.17. The molecule has 0 unspecified atom stereocenters. The van der Waals surface area contributed by atoms with Gasteiger partial charge in [0.15, 0.2) is 11.6 Å². The summed E-state index contributed by atoms with van der Waals surface area (Å²) in [5.74, 6) is 5.10. The van der Waals surface area contributed by atoms with E-state index in [9.17, 15) is 9.59 Å². The van der Waals surface area contributed by atoms with Gasteiger partial charge in [0.1, 0.15) is 0 Å². The van der Waals surface area contributed by atoms with Crippen molar-refractivity contribution in [1.29, 1.82) is 0 Å². The zero-order chi connectivity index (χ0) is 10.7. The van der Waals surface area contributed by atoms with Crippen molar-refractivity contribution >= 4 is 17.3 Å². The molecule has 0 amide bonds. The summed E-state index contributed by atoms with van der Waals surface area (Å²) >= 11 is 0. The first-order valence-corrected chi connectivity index (χ1v) is 4.18. The fraction of sp³-hybridized carbons (Fsp3) is 0.200. The lowest BCUT2D eigenvalue weighted by Gasteiger charge is -2.07. The Morgan fingerprint density at radius 3 is 2.29 bits per heavy atom. The van der Waals surface area contributed by atoms with Crippen LogP contribution < -0.4 is 11.3 Å². The van der Waals surface area contributed by atoms with Crippen LogP contribution in [0.25, 0.3) is 0 Å². The molecule has 0 spiro atoms. The van der Waals surface area contributed by atoms with Gasteiger partial charge in [0, 0.05) is 11.1 Å². The number of carbonyl (C=O) groups is 2. The summed E-state index contributed by atoms with van der Waals surface area (Å²) in [6, 6.07) is 4.77. The van der Waals surface area contributed by atoms with E-state index < -0.39 is 0 Å². The Hall–Kier alpha value is -1.68. The van der Waals surface area contributed by atoms with E-state index in [4.69, 9.17) is 5.84 Å². The maximum Gasteiger partial charge on any atom is 0.161 e. The van der Waals surface area contributed by atoms with E-state index >= 15 is 0 Å². The summed E-state index contributed by atoms with van der Waals surface area (Å²) in [5, 5.41) is 0. The van der Waals surface area contributed by atoms with Crippen LogP contribution in [-0.2, 0) is 0 Å². The van der Waals surface area contributed by atoms with Crippen molar-refractivity contribution in [1.82, 2.24) is 0 Å². The van der Waals surface area contributed by atoms with Crippen LogP contribution in [0, 0.1) is 0 Å². The number of benzene rings is 1. The zero-order valence-corrected chi connectivity index (χ0v) is 8.13. The first kappa shape index (κ1) is 10.4. The number of nitrogens with two attached hydrogens (primary N) is 1. The first-order valence-electron chi connectivity index (χ1n) is 4.18. The average molecular weight is 192 g/mol. The third-order valence-electron chi connectivity index (χ3n) is 1.96. The van der Waals surface area contributed by atoms with Crippen molar-refractivity contribution in [2.75, 3.05) is 5.43 Å². The van der Waals surface area contributed by atoms with Crippen molar-refractivity contribution < 1.29 is 9.59 Å². The lowest BCUT2D eigenvalue weighted by atomic mass is 10.0. The van der Waals surface area contributed by atoms with Crippen LogP contribution >= 0.6 is 0 Å². The fourth-order valence-corrected chi connectivity index (χ4v) is 1.19. The third-order valence-corrected chi connectivity index (χ3v) is 1.96. The number of hydrazine groups is 1. The second kappa shape index (κ2) is 4.02. The van der Waals surface area contributed by atoms with E-state index in [0.29, 0.717) is 16.8 Å². The molecule has 1 aromatic rings. The Bertz CT molecular complexity index is 386. The van der Waals surface area contributed by atoms with E-state index in [1.807, 2.05) is 0 Å². The normalized spacial score (nSPS) is 9.64. The van der Waals surface area contributed by atoms with Gasteiger partial charge in [-0.25, -0.2) is 0 Å². The van der Waals surface area contributed by atoms with Gasteiger partial charge in [-0.05, 0) is 26.0 Å². The van der Waals surface area contributed by atoms with E-state index in [2.05, 4.69) is 5.43 Å². The van der Waals surface area contributed by atoms with Crippen LogP contribution in [0.5, 0.6) is 0 Å². The molecule has 0 fully saturated rings. The fourth-order valence-electron chi connectivity index (χ4n) is 1.19. The van der Waals surface area contributed by atoms with Crippen LogP contribution in [0.1, 0.15) is 34.6 Å². The minimum absolute atomic E-state index is 0.0587. The SMILES string of the molecule is CC(=O)c1ccc(C(C)=O)c(NN)c1. The number of Topliss-reactive ketones (excluding diaryl/α,β-unsaturated/α-hetero) is 2. The Balaban J connectivity index is 3.25. The monoisotopic (exact) mass is 192 g/mol. The molecule has 0 aliphatic carbocycles. The van der Waals surface area contributed by atoms with Crippen molar-refractivity contribution in [2.24, 2.45) is 5.84 Å². The summed E-state index contributed by atoms with van der Waals surface area (Å²) in [6.07, 6.45) is 0. The molecule has 0 bridgehead atoms. The summed E-state index contributed by atoms with van der Waals surface area (Å²) in [7, 11) is 0. The standard InChI is InChI=1S/C10H12N2O2/c1-6(13)8-3-4-9(7(2)14)10(5-8)12-11/h3-5,12H,11H2,1-2H3. The molecule has 0 radical (unpaired) electrons. The Kier molecular flexibility index (Phi) is 2.99. The molecule has 4 nitrogen and oxygen atoms in total. The predicted molar refractivity (Wildman–Crippen MR) is 54.3 cm³/mol. The summed E-state index contributed by atoms with van der Waals surface area (Å²) < 4.78 is 0. The molecule has 14 heavy (non-hydrogen) atoms. The molecule has 0 atom stereocenters. The second-order valence-electron chi connectivity index (χ2n) is 3.02. The molecule has 0 heterocycles. The zero-order valence-electron chi connectivity index (χ0n) is 8.13. The largest absolute Gasteiger partial charge is 0.323 e. The van der Waals surface area contributed by atoms with Gasteiger partial charge in [-0.15, -0.1) is 0 Å². The predicted octanol–water partition coefficient (Wildman–Crippen LogP) is 1.38. The van der Waals surface area contributed by atoms with Gasteiger partial charge in [0.25, 0.3) is 0 Å². The number of hydrogen-bond donors (Lipinski definition) is 2. The number of anilines is 1. The number of rotatable bonds is 3. The van der Waals surface area contributed by atoms with Crippen molar-refractivity contribution in [2.45, 2.75) is 13.8 Å². The minimum atomic E-state index is -0.0898. The van der Waals surface area contributed by atoms with Crippen molar-refractivity contribution in [3.63, 3.8) is 0 Å². The molecule has 0 saturated carbocycles. The highest BCUT2D eigenvalue weighted by Gasteiger charge is 2.08. The molecule has 1 rings (SSSR count). The summed E-state index contributed by atoms with van der Waals surface area (Å²) in [5.41, 5.74) is 3.89. The molecule has 0 aliphatic rings. The molecule has 1 aromatic carbocycles. The molecule has 0 aromatic heterocycles. The molecule has 0 aliphatic heterocycles. The van der Waals surface area contributed by atoms with Gasteiger partial charge in [-0.3, -0.25) is 15.4 Å². The van der Waals surface area contributed by atoms with Crippen LogP contribution in [-0.4, -0.2) is 11.6 Å². The number of nitrogen functional groups attached to an aromatic ring is 1.